The van der Waals surface area contributed by atoms with Crippen molar-refractivity contribution in [2.75, 3.05) is 13.1 Å². The summed E-state index contributed by atoms with van der Waals surface area (Å²) in [5.41, 5.74) is 12.3. The summed E-state index contributed by atoms with van der Waals surface area (Å²) in [6.45, 7) is 4.57. The van der Waals surface area contributed by atoms with Gasteiger partial charge in [-0.1, -0.05) is 12.1 Å². The minimum Gasteiger partial charge on any atom is -0.330 e. The van der Waals surface area contributed by atoms with Crippen LogP contribution in [0.2, 0.25) is 0 Å². The van der Waals surface area contributed by atoms with Crippen LogP contribution in [0.4, 0.5) is 0 Å². The van der Waals surface area contributed by atoms with Crippen LogP contribution in [0.1, 0.15) is 25.8 Å². The number of sulfone groups is 1. The first-order chi connectivity index (χ1) is 8.91. The van der Waals surface area contributed by atoms with E-state index in [4.69, 9.17) is 11.5 Å². The third-order valence-electron chi connectivity index (χ3n) is 3.38. The second-order valence-electron chi connectivity index (χ2n) is 5.11. The van der Waals surface area contributed by atoms with E-state index in [0.29, 0.717) is 23.9 Å². The zero-order valence-electron chi connectivity index (χ0n) is 11.7. The van der Waals surface area contributed by atoms with E-state index in [1.54, 1.807) is 26.0 Å². The van der Waals surface area contributed by atoms with Gasteiger partial charge in [0.1, 0.15) is 0 Å². The van der Waals surface area contributed by atoms with Gasteiger partial charge >= 0.3 is 0 Å². The summed E-state index contributed by atoms with van der Waals surface area (Å²) in [5.74, 6) is 0.332. The Morgan fingerprint density at radius 1 is 1.05 bits per heavy atom. The molecule has 0 saturated heterocycles. The minimum absolute atomic E-state index is 0.332. The van der Waals surface area contributed by atoms with Crippen molar-refractivity contribution in [1.82, 2.24) is 0 Å². The van der Waals surface area contributed by atoms with Gasteiger partial charge in [-0.3, -0.25) is 0 Å². The van der Waals surface area contributed by atoms with E-state index in [1.165, 1.54) is 0 Å². The van der Waals surface area contributed by atoms with E-state index in [9.17, 15) is 8.42 Å². The molecule has 0 amide bonds. The molecule has 1 aromatic carbocycles. The highest BCUT2D eigenvalue weighted by molar-refractivity contribution is 7.92. The number of aryl methyl sites for hydroxylation is 1. The van der Waals surface area contributed by atoms with Crippen LogP contribution in [-0.2, 0) is 16.3 Å². The molecule has 0 atom stereocenters. The molecule has 1 rings (SSSR count). The quantitative estimate of drug-likeness (QED) is 0.791. The van der Waals surface area contributed by atoms with E-state index in [0.717, 1.165) is 18.4 Å². The van der Waals surface area contributed by atoms with E-state index < -0.39 is 15.1 Å². The molecular formula is C14H24N2O2S. The van der Waals surface area contributed by atoms with Gasteiger partial charge in [-0.05, 0) is 63.4 Å². The van der Waals surface area contributed by atoms with E-state index in [1.807, 2.05) is 12.1 Å². The number of hydrogen-bond acceptors (Lipinski definition) is 4. The largest absolute Gasteiger partial charge is 0.330 e. The van der Waals surface area contributed by atoms with Crippen molar-refractivity contribution in [1.29, 1.82) is 0 Å². The van der Waals surface area contributed by atoms with Crippen LogP contribution >= 0.6 is 0 Å². The van der Waals surface area contributed by atoms with Crippen LogP contribution in [0, 0.1) is 5.92 Å². The summed E-state index contributed by atoms with van der Waals surface area (Å²) in [5, 5.41) is -0.391. The molecule has 0 saturated carbocycles. The fourth-order valence-electron chi connectivity index (χ4n) is 1.82. The van der Waals surface area contributed by atoms with Gasteiger partial charge in [0, 0.05) is 0 Å². The van der Waals surface area contributed by atoms with Crippen molar-refractivity contribution in [2.45, 2.75) is 36.8 Å². The van der Waals surface area contributed by atoms with Gasteiger partial charge in [-0.25, -0.2) is 8.42 Å². The molecule has 0 heterocycles. The average Bonchev–Trinajstić information content (AvgIpc) is 2.40. The lowest BCUT2D eigenvalue weighted by atomic mass is 10.00. The van der Waals surface area contributed by atoms with Crippen molar-refractivity contribution in [3.05, 3.63) is 29.8 Å². The zero-order valence-corrected chi connectivity index (χ0v) is 12.5. The summed E-state index contributed by atoms with van der Waals surface area (Å²) >= 11 is 0. The highest BCUT2D eigenvalue weighted by Gasteiger charge is 2.18. The first kappa shape index (κ1) is 16.1. The Kier molecular flexibility index (Phi) is 5.97. The minimum atomic E-state index is -3.17. The van der Waals surface area contributed by atoms with Crippen LogP contribution in [0.15, 0.2) is 29.2 Å². The summed E-state index contributed by atoms with van der Waals surface area (Å²) < 4.78 is 23.9. The average molecular weight is 284 g/mol. The van der Waals surface area contributed by atoms with Crippen molar-refractivity contribution >= 4 is 9.84 Å². The lowest BCUT2D eigenvalue weighted by Gasteiger charge is -2.12. The lowest BCUT2D eigenvalue weighted by Crippen LogP contribution is -2.23. The molecule has 0 radical (unpaired) electrons. The van der Waals surface area contributed by atoms with Crippen LogP contribution in [0.25, 0.3) is 0 Å². The highest BCUT2D eigenvalue weighted by atomic mass is 32.2. The number of nitrogens with two attached hydrogens (primary N) is 2. The molecule has 0 unspecified atom stereocenters. The molecule has 5 heteroatoms. The molecule has 0 aliphatic heterocycles. The Morgan fingerprint density at radius 2 is 1.58 bits per heavy atom. The van der Waals surface area contributed by atoms with E-state index >= 15 is 0 Å². The van der Waals surface area contributed by atoms with Crippen molar-refractivity contribution in [3.63, 3.8) is 0 Å². The van der Waals surface area contributed by atoms with E-state index in [-0.39, 0.29) is 0 Å². The second kappa shape index (κ2) is 7.03. The molecule has 108 valence electrons. The lowest BCUT2D eigenvalue weighted by molar-refractivity contribution is 0.507. The normalized spacial score (nSPS) is 12.3. The Bertz CT molecular complexity index is 477. The first-order valence-electron chi connectivity index (χ1n) is 6.64. The smallest absolute Gasteiger partial charge is 0.180 e. The first-order valence-corrected chi connectivity index (χ1v) is 8.19. The van der Waals surface area contributed by atoms with Crippen LogP contribution in [0.5, 0.6) is 0 Å². The molecule has 4 nitrogen and oxygen atoms in total. The third kappa shape index (κ3) is 4.30. The van der Waals surface area contributed by atoms with Gasteiger partial charge in [0.05, 0.1) is 10.1 Å². The molecular weight excluding hydrogens is 260 g/mol. The van der Waals surface area contributed by atoms with Gasteiger partial charge < -0.3 is 11.5 Å². The second-order valence-corrected chi connectivity index (χ2v) is 7.62. The summed E-state index contributed by atoms with van der Waals surface area (Å²) in [7, 11) is -3.17. The Balaban J connectivity index is 2.72. The molecule has 0 bridgehead atoms. The molecule has 0 aliphatic carbocycles. The standard InChI is InChI=1S/C14H24N2O2S/c1-11(2)19(17,18)14-7-5-12(6-8-14)3-4-13(9-15)10-16/h5-8,11,13H,3-4,9-10,15-16H2,1-2H3. The monoisotopic (exact) mass is 284 g/mol. The van der Waals surface area contributed by atoms with Gasteiger partial charge in [-0.2, -0.15) is 0 Å². The molecule has 19 heavy (non-hydrogen) atoms. The zero-order chi connectivity index (χ0) is 14.5. The fourth-order valence-corrected chi connectivity index (χ4v) is 2.88. The molecule has 0 fully saturated rings. The molecule has 4 N–H and O–H groups in total. The topological polar surface area (TPSA) is 86.2 Å². The molecule has 0 aromatic heterocycles. The predicted molar refractivity (Wildman–Crippen MR) is 78.7 cm³/mol. The third-order valence-corrected chi connectivity index (χ3v) is 5.55. The Labute approximate surface area is 116 Å². The van der Waals surface area contributed by atoms with Crippen LogP contribution < -0.4 is 11.5 Å². The van der Waals surface area contributed by atoms with Gasteiger partial charge in [-0.15, -0.1) is 0 Å². The van der Waals surface area contributed by atoms with Crippen molar-refractivity contribution < 1.29 is 8.42 Å². The number of benzene rings is 1. The maximum absolute atomic E-state index is 12.0. The van der Waals surface area contributed by atoms with Crippen LogP contribution in [-0.4, -0.2) is 26.8 Å². The summed E-state index contributed by atoms with van der Waals surface area (Å²) in [6.07, 6.45) is 1.81. The fraction of sp³-hybridized carbons (Fsp3) is 0.571. The van der Waals surface area contributed by atoms with Gasteiger partial charge in [0.2, 0.25) is 0 Å². The highest BCUT2D eigenvalue weighted by Crippen LogP contribution is 2.17. The molecule has 1 aromatic rings. The Morgan fingerprint density at radius 3 is 2.00 bits per heavy atom. The van der Waals surface area contributed by atoms with Crippen molar-refractivity contribution in [3.8, 4) is 0 Å². The maximum Gasteiger partial charge on any atom is 0.180 e. The SMILES string of the molecule is CC(C)S(=O)(=O)c1ccc(CCC(CN)CN)cc1. The Hall–Kier alpha value is -0.910. The molecule has 0 spiro atoms. The maximum atomic E-state index is 12.0. The van der Waals surface area contributed by atoms with Gasteiger partial charge in [0.25, 0.3) is 0 Å². The van der Waals surface area contributed by atoms with Gasteiger partial charge in [0.15, 0.2) is 9.84 Å². The van der Waals surface area contributed by atoms with Crippen molar-refractivity contribution in [2.24, 2.45) is 17.4 Å². The summed E-state index contributed by atoms with van der Waals surface area (Å²) in [4.78, 5) is 0.389. The van der Waals surface area contributed by atoms with E-state index in [2.05, 4.69) is 0 Å². The van der Waals surface area contributed by atoms with Crippen LogP contribution in [0.3, 0.4) is 0 Å². The summed E-state index contributed by atoms with van der Waals surface area (Å²) in [6, 6.07) is 7.12. The number of hydrogen-bond donors (Lipinski definition) is 2. The predicted octanol–water partition coefficient (Wildman–Crippen LogP) is 1.33. The molecule has 0 aliphatic rings. The number of rotatable bonds is 7.